The summed E-state index contributed by atoms with van der Waals surface area (Å²) in [5.74, 6) is 1.37. The van der Waals surface area contributed by atoms with Gasteiger partial charge in [0.05, 0.1) is 17.4 Å². The number of imidazole rings is 1. The zero-order valence-corrected chi connectivity index (χ0v) is 14.5. The molecule has 1 amide bonds. The minimum Gasteiger partial charge on any atom is -0.494 e. The van der Waals surface area contributed by atoms with Gasteiger partial charge in [-0.15, -0.1) is 0 Å². The predicted octanol–water partition coefficient (Wildman–Crippen LogP) is 2.36. The number of aryl methyl sites for hydroxylation is 2. The van der Waals surface area contributed by atoms with Crippen molar-refractivity contribution in [3.8, 4) is 5.75 Å². The van der Waals surface area contributed by atoms with Gasteiger partial charge in [0.2, 0.25) is 5.91 Å². The first-order chi connectivity index (χ1) is 11.7. The number of carbonyl (C=O) groups is 1. The van der Waals surface area contributed by atoms with Crippen LogP contribution < -0.4 is 10.1 Å². The summed E-state index contributed by atoms with van der Waals surface area (Å²) in [5, 5.41) is 3.48. The van der Waals surface area contributed by atoms with E-state index in [9.17, 15) is 9.00 Å². The summed E-state index contributed by atoms with van der Waals surface area (Å²) in [6.45, 7) is 3.27. The third kappa shape index (κ3) is 3.84. The van der Waals surface area contributed by atoms with Crippen LogP contribution in [-0.4, -0.2) is 32.0 Å². The fourth-order valence-electron chi connectivity index (χ4n) is 2.67. The van der Waals surface area contributed by atoms with Crippen LogP contribution in [0.15, 0.2) is 35.7 Å². The lowest BCUT2D eigenvalue weighted by atomic mass is 10.0. The molecule has 0 aliphatic carbocycles. The average molecular weight is 347 g/mol. The minimum absolute atomic E-state index is 0.0593. The smallest absolute Gasteiger partial charge is 0.224 e. The zero-order chi connectivity index (χ0) is 16.9. The van der Waals surface area contributed by atoms with Gasteiger partial charge < -0.3 is 14.6 Å². The summed E-state index contributed by atoms with van der Waals surface area (Å²) in [6, 6.07) is 5.69. The summed E-state index contributed by atoms with van der Waals surface area (Å²) in [5.41, 5.74) is 1.96. The molecule has 0 bridgehead atoms. The third-order valence-electron chi connectivity index (χ3n) is 3.94. The fraction of sp³-hybridized carbons (Fsp3) is 0.412. The molecular formula is C17H21N3O3S. The van der Waals surface area contributed by atoms with E-state index in [1.54, 1.807) is 6.20 Å². The monoisotopic (exact) mass is 347 g/mol. The number of amides is 1. The molecule has 128 valence electrons. The van der Waals surface area contributed by atoms with Gasteiger partial charge in [0.25, 0.3) is 0 Å². The van der Waals surface area contributed by atoms with Crippen molar-refractivity contribution in [1.29, 1.82) is 0 Å². The molecule has 2 aromatic rings. The van der Waals surface area contributed by atoms with E-state index < -0.39 is 10.8 Å². The van der Waals surface area contributed by atoms with Crippen molar-refractivity contribution in [2.75, 3.05) is 17.7 Å². The Kier molecular flexibility index (Phi) is 5.30. The first-order valence-corrected chi connectivity index (χ1v) is 9.44. The van der Waals surface area contributed by atoms with E-state index >= 15 is 0 Å². The summed E-state index contributed by atoms with van der Waals surface area (Å²) < 4.78 is 19.9. The van der Waals surface area contributed by atoms with Crippen LogP contribution in [0.25, 0.3) is 0 Å². The molecule has 1 aliphatic rings. The minimum atomic E-state index is -1.10. The van der Waals surface area contributed by atoms with Crippen molar-refractivity contribution >= 4 is 22.4 Å². The summed E-state index contributed by atoms with van der Waals surface area (Å²) in [6.07, 6.45) is 5.47. The number of nitrogens with zero attached hydrogens (tertiary/aromatic N) is 2. The number of rotatable bonds is 7. The van der Waals surface area contributed by atoms with Crippen molar-refractivity contribution in [3.05, 3.63) is 36.2 Å². The molecule has 0 saturated carbocycles. The van der Waals surface area contributed by atoms with Gasteiger partial charge in [-0.3, -0.25) is 9.00 Å². The molecule has 1 aromatic heterocycles. The Morgan fingerprint density at radius 3 is 3.08 bits per heavy atom. The molecule has 0 radical (unpaired) electrons. The number of hydrogen-bond donors (Lipinski definition) is 1. The number of benzene rings is 1. The molecule has 1 aliphatic heterocycles. The number of fused-ring (bicyclic) bond motifs is 1. The molecule has 2 heterocycles. The molecular weight excluding hydrogens is 326 g/mol. The highest BCUT2D eigenvalue weighted by Gasteiger charge is 2.15. The first-order valence-electron chi connectivity index (χ1n) is 8.12. The van der Waals surface area contributed by atoms with Crippen LogP contribution in [0.4, 0.5) is 5.69 Å². The van der Waals surface area contributed by atoms with Crippen LogP contribution in [0.5, 0.6) is 5.75 Å². The van der Waals surface area contributed by atoms with E-state index in [-0.39, 0.29) is 5.91 Å². The number of hydrogen-bond acceptors (Lipinski definition) is 4. The Labute approximate surface area is 143 Å². The molecule has 7 heteroatoms. The van der Waals surface area contributed by atoms with Gasteiger partial charge in [-0.1, -0.05) is 0 Å². The molecule has 1 N–H and O–H groups in total. The van der Waals surface area contributed by atoms with Crippen LogP contribution in [0.2, 0.25) is 0 Å². The molecule has 1 aromatic carbocycles. The van der Waals surface area contributed by atoms with Crippen LogP contribution in [-0.2, 0) is 28.6 Å². The van der Waals surface area contributed by atoms with Gasteiger partial charge >= 0.3 is 0 Å². The molecule has 3 rings (SSSR count). The number of nitrogens with one attached hydrogen (secondary N) is 1. The van der Waals surface area contributed by atoms with E-state index in [1.165, 1.54) is 0 Å². The molecule has 0 fully saturated rings. The lowest BCUT2D eigenvalue weighted by molar-refractivity contribution is -0.116. The number of aromatic nitrogens is 2. The van der Waals surface area contributed by atoms with Gasteiger partial charge in [0.1, 0.15) is 5.75 Å². The van der Waals surface area contributed by atoms with Crippen molar-refractivity contribution in [2.45, 2.75) is 37.9 Å². The van der Waals surface area contributed by atoms with Gasteiger partial charge in [0.15, 0.2) is 5.16 Å². The fourth-order valence-corrected chi connectivity index (χ4v) is 3.86. The van der Waals surface area contributed by atoms with Crippen molar-refractivity contribution in [3.63, 3.8) is 0 Å². The highest BCUT2D eigenvalue weighted by Crippen LogP contribution is 2.26. The predicted molar refractivity (Wildman–Crippen MR) is 92.7 cm³/mol. The largest absolute Gasteiger partial charge is 0.494 e. The Morgan fingerprint density at radius 1 is 1.38 bits per heavy atom. The van der Waals surface area contributed by atoms with Gasteiger partial charge in [-0.05, 0) is 43.5 Å². The Bertz CT molecular complexity index is 757. The second-order valence-electron chi connectivity index (χ2n) is 5.61. The number of carbonyl (C=O) groups excluding carboxylic acids is 1. The SMILES string of the molecule is CCn1ccnc1S(=O)CCCOc1ccc2c(c1)CCC(=O)N2. The highest BCUT2D eigenvalue weighted by atomic mass is 32.2. The third-order valence-corrected chi connectivity index (χ3v) is 5.34. The van der Waals surface area contributed by atoms with E-state index in [0.29, 0.717) is 30.4 Å². The average Bonchev–Trinajstić information content (AvgIpc) is 3.07. The van der Waals surface area contributed by atoms with Crippen LogP contribution in [0.1, 0.15) is 25.3 Å². The van der Waals surface area contributed by atoms with Crippen LogP contribution in [0, 0.1) is 0 Å². The van der Waals surface area contributed by atoms with Crippen LogP contribution in [0.3, 0.4) is 0 Å². The number of anilines is 1. The molecule has 24 heavy (non-hydrogen) atoms. The lowest BCUT2D eigenvalue weighted by Gasteiger charge is -2.17. The molecule has 1 unspecified atom stereocenters. The van der Waals surface area contributed by atoms with E-state index in [1.807, 2.05) is 35.9 Å². The second kappa shape index (κ2) is 7.61. The van der Waals surface area contributed by atoms with Gasteiger partial charge in [0, 0.05) is 36.8 Å². The normalized spacial score (nSPS) is 14.8. The topological polar surface area (TPSA) is 73.2 Å². The van der Waals surface area contributed by atoms with Crippen molar-refractivity contribution in [2.24, 2.45) is 0 Å². The summed E-state index contributed by atoms with van der Waals surface area (Å²) in [7, 11) is -1.10. The summed E-state index contributed by atoms with van der Waals surface area (Å²) >= 11 is 0. The molecule has 0 spiro atoms. The lowest BCUT2D eigenvalue weighted by Crippen LogP contribution is -2.18. The van der Waals surface area contributed by atoms with E-state index in [0.717, 1.165) is 30.0 Å². The van der Waals surface area contributed by atoms with Gasteiger partial charge in [-0.25, -0.2) is 4.98 Å². The Morgan fingerprint density at radius 2 is 2.25 bits per heavy atom. The van der Waals surface area contributed by atoms with Crippen molar-refractivity contribution < 1.29 is 13.7 Å². The Balaban J connectivity index is 1.48. The highest BCUT2D eigenvalue weighted by molar-refractivity contribution is 7.84. The summed E-state index contributed by atoms with van der Waals surface area (Å²) in [4.78, 5) is 15.5. The number of ether oxygens (including phenoxy) is 1. The Hall–Kier alpha value is -2.15. The maximum Gasteiger partial charge on any atom is 0.224 e. The maximum absolute atomic E-state index is 12.3. The zero-order valence-electron chi connectivity index (χ0n) is 13.7. The molecule has 6 nitrogen and oxygen atoms in total. The van der Waals surface area contributed by atoms with Crippen LogP contribution >= 0.6 is 0 Å². The van der Waals surface area contributed by atoms with Gasteiger partial charge in [-0.2, -0.15) is 0 Å². The standard InChI is InChI=1S/C17H21N3O3S/c1-2-20-9-8-18-17(20)24(22)11-3-10-23-14-5-6-15-13(12-14)4-7-16(21)19-15/h5-6,8-9,12H,2-4,7,10-11H2,1H3,(H,19,21). The molecule has 1 atom stereocenters. The van der Waals surface area contributed by atoms with E-state index in [2.05, 4.69) is 10.3 Å². The quantitative estimate of drug-likeness (QED) is 0.781. The van der Waals surface area contributed by atoms with E-state index in [4.69, 9.17) is 4.74 Å². The molecule has 0 saturated heterocycles. The maximum atomic E-state index is 12.3. The van der Waals surface area contributed by atoms with Crippen molar-refractivity contribution in [1.82, 2.24) is 9.55 Å². The second-order valence-corrected chi connectivity index (χ2v) is 7.08. The first kappa shape index (κ1) is 16.7.